The van der Waals surface area contributed by atoms with Crippen LogP contribution in [0.5, 0.6) is 0 Å². The Morgan fingerprint density at radius 3 is 2.84 bits per heavy atom. The predicted octanol–water partition coefficient (Wildman–Crippen LogP) is 2.78. The van der Waals surface area contributed by atoms with E-state index in [-0.39, 0.29) is 11.6 Å². The third kappa shape index (κ3) is 2.75. The highest BCUT2D eigenvalue weighted by atomic mass is 16.6. The Morgan fingerprint density at radius 1 is 1.47 bits per heavy atom. The average molecular weight is 262 g/mol. The number of hydrogen-bond donors (Lipinski definition) is 0. The van der Waals surface area contributed by atoms with Crippen molar-refractivity contribution in [3.8, 4) is 0 Å². The molecule has 1 aliphatic heterocycles. The molecule has 0 radical (unpaired) electrons. The zero-order valence-electron chi connectivity index (χ0n) is 11.3. The molecule has 1 aromatic rings. The van der Waals surface area contributed by atoms with Crippen LogP contribution in [-0.4, -0.2) is 28.8 Å². The summed E-state index contributed by atoms with van der Waals surface area (Å²) in [6.45, 7) is 5.24. The van der Waals surface area contributed by atoms with Gasteiger partial charge in [-0.15, -0.1) is 0 Å². The number of rotatable bonds is 2. The lowest BCUT2D eigenvalue weighted by Gasteiger charge is -2.31. The van der Waals surface area contributed by atoms with E-state index in [9.17, 15) is 14.9 Å². The van der Waals surface area contributed by atoms with Crippen LogP contribution in [0.4, 0.5) is 5.69 Å². The third-order valence-corrected chi connectivity index (χ3v) is 3.68. The number of piperidine rings is 1. The number of amides is 1. The second kappa shape index (κ2) is 5.38. The van der Waals surface area contributed by atoms with E-state index in [0.29, 0.717) is 17.0 Å². The van der Waals surface area contributed by atoms with Crippen molar-refractivity contribution in [3.05, 3.63) is 39.4 Å². The Kier molecular flexibility index (Phi) is 3.83. The van der Waals surface area contributed by atoms with Gasteiger partial charge in [0.25, 0.3) is 11.6 Å². The average Bonchev–Trinajstić information content (AvgIpc) is 2.38. The summed E-state index contributed by atoms with van der Waals surface area (Å²) in [6.07, 6.45) is 2.14. The number of carbonyl (C=O) groups excluding carboxylic acids is 1. The van der Waals surface area contributed by atoms with Crippen LogP contribution < -0.4 is 0 Å². The standard InChI is InChI=1S/C14H18N2O3/c1-10-5-4-8-15(9-10)14(17)12-6-3-7-13(11(12)2)16(18)19/h3,6-7,10H,4-5,8-9H2,1-2H3/t10-/m1/s1. The molecule has 0 unspecified atom stereocenters. The largest absolute Gasteiger partial charge is 0.338 e. The molecule has 0 bridgehead atoms. The zero-order chi connectivity index (χ0) is 14.0. The Morgan fingerprint density at radius 2 is 2.21 bits per heavy atom. The van der Waals surface area contributed by atoms with Gasteiger partial charge in [-0.05, 0) is 31.7 Å². The quantitative estimate of drug-likeness (QED) is 0.608. The molecule has 102 valence electrons. The minimum Gasteiger partial charge on any atom is -0.338 e. The van der Waals surface area contributed by atoms with E-state index >= 15 is 0 Å². The van der Waals surface area contributed by atoms with Crippen molar-refractivity contribution in [2.45, 2.75) is 26.7 Å². The molecule has 0 saturated carbocycles. The number of nitro benzene ring substituents is 1. The van der Waals surface area contributed by atoms with E-state index in [1.807, 2.05) is 0 Å². The molecular formula is C14H18N2O3. The molecule has 19 heavy (non-hydrogen) atoms. The molecule has 0 aliphatic carbocycles. The maximum absolute atomic E-state index is 12.4. The molecular weight excluding hydrogens is 244 g/mol. The molecule has 2 rings (SSSR count). The molecule has 1 aliphatic rings. The summed E-state index contributed by atoms with van der Waals surface area (Å²) >= 11 is 0. The Hall–Kier alpha value is -1.91. The van der Waals surface area contributed by atoms with Crippen LogP contribution in [0.1, 0.15) is 35.7 Å². The van der Waals surface area contributed by atoms with Crippen LogP contribution in [-0.2, 0) is 0 Å². The molecule has 5 heteroatoms. The minimum absolute atomic E-state index is 0.0101. The lowest BCUT2D eigenvalue weighted by molar-refractivity contribution is -0.385. The van der Waals surface area contributed by atoms with Gasteiger partial charge in [0.2, 0.25) is 0 Å². The van der Waals surface area contributed by atoms with E-state index in [1.54, 1.807) is 24.0 Å². The van der Waals surface area contributed by atoms with Gasteiger partial charge in [-0.1, -0.05) is 13.0 Å². The molecule has 5 nitrogen and oxygen atoms in total. The first kappa shape index (κ1) is 13.5. The van der Waals surface area contributed by atoms with Gasteiger partial charge in [-0.25, -0.2) is 0 Å². The number of likely N-dealkylation sites (tertiary alicyclic amines) is 1. The summed E-state index contributed by atoms with van der Waals surface area (Å²) in [5.74, 6) is 0.407. The molecule has 0 aromatic heterocycles. The van der Waals surface area contributed by atoms with Crippen molar-refractivity contribution in [1.29, 1.82) is 0 Å². The fourth-order valence-corrected chi connectivity index (χ4v) is 2.60. The highest BCUT2D eigenvalue weighted by Crippen LogP contribution is 2.24. The topological polar surface area (TPSA) is 63.5 Å². The fraction of sp³-hybridized carbons (Fsp3) is 0.500. The van der Waals surface area contributed by atoms with Gasteiger partial charge in [-0.3, -0.25) is 14.9 Å². The van der Waals surface area contributed by atoms with Gasteiger partial charge in [0.15, 0.2) is 0 Å². The van der Waals surface area contributed by atoms with Crippen LogP contribution in [0.15, 0.2) is 18.2 Å². The Labute approximate surface area is 112 Å². The van der Waals surface area contributed by atoms with Crippen LogP contribution in [0, 0.1) is 23.0 Å². The second-order valence-electron chi connectivity index (χ2n) is 5.21. The van der Waals surface area contributed by atoms with Crippen molar-refractivity contribution in [2.75, 3.05) is 13.1 Å². The van der Waals surface area contributed by atoms with Gasteiger partial charge >= 0.3 is 0 Å². The molecule has 0 spiro atoms. The summed E-state index contributed by atoms with van der Waals surface area (Å²) < 4.78 is 0. The molecule has 1 aromatic carbocycles. The number of nitro groups is 1. The normalized spacial score (nSPS) is 19.3. The highest BCUT2D eigenvalue weighted by Gasteiger charge is 2.25. The van der Waals surface area contributed by atoms with Gasteiger partial charge in [0.05, 0.1) is 4.92 Å². The third-order valence-electron chi connectivity index (χ3n) is 3.68. The first-order valence-corrected chi connectivity index (χ1v) is 6.54. The maximum atomic E-state index is 12.4. The molecule has 1 saturated heterocycles. The van der Waals surface area contributed by atoms with E-state index in [1.165, 1.54) is 6.07 Å². The van der Waals surface area contributed by atoms with Crippen LogP contribution >= 0.6 is 0 Å². The number of benzene rings is 1. The molecule has 1 amide bonds. The number of hydrogen-bond acceptors (Lipinski definition) is 3. The van der Waals surface area contributed by atoms with E-state index in [2.05, 4.69) is 6.92 Å². The minimum atomic E-state index is -0.440. The first-order chi connectivity index (χ1) is 9.00. The van der Waals surface area contributed by atoms with Crippen molar-refractivity contribution in [2.24, 2.45) is 5.92 Å². The van der Waals surface area contributed by atoms with Gasteiger partial charge < -0.3 is 4.90 Å². The Bertz CT molecular complexity index is 513. The van der Waals surface area contributed by atoms with E-state index in [4.69, 9.17) is 0 Å². The van der Waals surface area contributed by atoms with Crippen molar-refractivity contribution < 1.29 is 9.72 Å². The summed E-state index contributed by atoms with van der Waals surface area (Å²) in [5, 5.41) is 10.9. The highest BCUT2D eigenvalue weighted by molar-refractivity contribution is 5.96. The summed E-state index contributed by atoms with van der Waals surface area (Å²) in [6, 6.07) is 4.68. The van der Waals surface area contributed by atoms with Crippen LogP contribution in [0.3, 0.4) is 0 Å². The second-order valence-corrected chi connectivity index (χ2v) is 5.21. The summed E-state index contributed by atoms with van der Waals surface area (Å²) in [7, 11) is 0. The van der Waals surface area contributed by atoms with Crippen LogP contribution in [0.25, 0.3) is 0 Å². The van der Waals surface area contributed by atoms with Gasteiger partial charge in [0, 0.05) is 30.3 Å². The van der Waals surface area contributed by atoms with Crippen molar-refractivity contribution >= 4 is 11.6 Å². The lowest BCUT2D eigenvalue weighted by Crippen LogP contribution is -2.39. The lowest BCUT2D eigenvalue weighted by atomic mass is 9.98. The molecule has 1 fully saturated rings. The van der Waals surface area contributed by atoms with E-state index in [0.717, 1.165) is 25.9 Å². The monoisotopic (exact) mass is 262 g/mol. The number of nitrogens with zero attached hydrogens (tertiary/aromatic N) is 2. The predicted molar refractivity (Wildman–Crippen MR) is 72.1 cm³/mol. The van der Waals surface area contributed by atoms with E-state index < -0.39 is 4.92 Å². The smallest absolute Gasteiger partial charge is 0.273 e. The molecule has 0 N–H and O–H groups in total. The van der Waals surface area contributed by atoms with Gasteiger partial charge in [0.1, 0.15) is 0 Å². The zero-order valence-corrected chi connectivity index (χ0v) is 11.3. The fourth-order valence-electron chi connectivity index (χ4n) is 2.60. The first-order valence-electron chi connectivity index (χ1n) is 6.54. The number of carbonyl (C=O) groups is 1. The molecule has 1 heterocycles. The Balaban J connectivity index is 2.28. The summed E-state index contributed by atoms with van der Waals surface area (Å²) in [4.78, 5) is 24.7. The van der Waals surface area contributed by atoms with Crippen molar-refractivity contribution in [3.63, 3.8) is 0 Å². The van der Waals surface area contributed by atoms with Crippen molar-refractivity contribution in [1.82, 2.24) is 4.90 Å². The summed E-state index contributed by atoms with van der Waals surface area (Å²) in [5.41, 5.74) is 0.912. The van der Waals surface area contributed by atoms with Gasteiger partial charge in [-0.2, -0.15) is 0 Å². The molecule has 1 atom stereocenters. The maximum Gasteiger partial charge on any atom is 0.273 e. The SMILES string of the molecule is Cc1c(C(=O)N2CCC[C@@H](C)C2)cccc1[N+](=O)[O-]. The van der Waals surface area contributed by atoms with Crippen LogP contribution in [0.2, 0.25) is 0 Å².